The Morgan fingerprint density at radius 2 is 2.11 bits per heavy atom. The van der Waals surface area contributed by atoms with Gasteiger partial charge < -0.3 is 19.9 Å². The van der Waals surface area contributed by atoms with Gasteiger partial charge in [0, 0.05) is 32.3 Å². The molecule has 2 unspecified atom stereocenters. The Morgan fingerprint density at radius 1 is 1.37 bits per heavy atom. The molecule has 1 amide bonds. The van der Waals surface area contributed by atoms with E-state index >= 15 is 0 Å². The molecule has 2 aliphatic rings. The fourth-order valence-electron chi connectivity index (χ4n) is 2.69. The molecular weight excluding hydrogens is 248 g/mol. The van der Waals surface area contributed by atoms with Gasteiger partial charge >= 0.3 is 0 Å². The predicted octanol–water partition coefficient (Wildman–Crippen LogP) is -0.637. The van der Waals surface area contributed by atoms with E-state index in [2.05, 4.69) is 5.32 Å². The van der Waals surface area contributed by atoms with Gasteiger partial charge in [0.1, 0.15) is 0 Å². The largest absolute Gasteiger partial charge is 0.394 e. The van der Waals surface area contributed by atoms with Crippen LogP contribution in [0.4, 0.5) is 0 Å². The molecular formula is C13H24N2O4. The van der Waals surface area contributed by atoms with E-state index in [1.165, 1.54) is 0 Å². The van der Waals surface area contributed by atoms with Crippen LogP contribution < -0.4 is 5.32 Å². The van der Waals surface area contributed by atoms with Gasteiger partial charge in [0.15, 0.2) is 0 Å². The van der Waals surface area contributed by atoms with Gasteiger partial charge in [-0.1, -0.05) is 0 Å². The fourth-order valence-corrected chi connectivity index (χ4v) is 2.69. The Balaban J connectivity index is 1.74. The van der Waals surface area contributed by atoms with Gasteiger partial charge in [0.2, 0.25) is 5.91 Å². The Bertz CT molecular complexity index is 294. The van der Waals surface area contributed by atoms with E-state index in [0.29, 0.717) is 13.1 Å². The van der Waals surface area contributed by atoms with Crippen molar-refractivity contribution in [3.05, 3.63) is 0 Å². The maximum Gasteiger partial charge on any atom is 0.234 e. The van der Waals surface area contributed by atoms with Crippen LogP contribution in [0.1, 0.15) is 19.8 Å². The molecule has 2 fully saturated rings. The van der Waals surface area contributed by atoms with Crippen LogP contribution in [0.25, 0.3) is 0 Å². The molecule has 2 heterocycles. The Labute approximate surface area is 114 Å². The Hall–Kier alpha value is -0.690. The number of hydrogen-bond donors (Lipinski definition) is 2. The van der Waals surface area contributed by atoms with Gasteiger partial charge in [0.25, 0.3) is 0 Å². The monoisotopic (exact) mass is 272 g/mol. The number of aliphatic hydroxyl groups is 1. The summed E-state index contributed by atoms with van der Waals surface area (Å²) in [6.45, 7) is 5.15. The third-order valence-electron chi connectivity index (χ3n) is 3.56. The van der Waals surface area contributed by atoms with E-state index in [-0.39, 0.29) is 30.8 Å². The highest BCUT2D eigenvalue weighted by Crippen LogP contribution is 2.11. The number of nitrogens with one attached hydrogen (secondary N) is 1. The number of ether oxygens (including phenoxy) is 2. The lowest BCUT2D eigenvalue weighted by Crippen LogP contribution is -2.52. The average molecular weight is 272 g/mol. The van der Waals surface area contributed by atoms with Crippen LogP contribution in [0.5, 0.6) is 0 Å². The zero-order valence-corrected chi connectivity index (χ0v) is 11.5. The van der Waals surface area contributed by atoms with Crippen molar-refractivity contribution in [1.82, 2.24) is 10.2 Å². The van der Waals surface area contributed by atoms with Gasteiger partial charge in [0.05, 0.1) is 25.4 Å². The van der Waals surface area contributed by atoms with Crippen LogP contribution in [0.3, 0.4) is 0 Å². The lowest BCUT2D eigenvalue weighted by molar-refractivity contribution is -0.129. The summed E-state index contributed by atoms with van der Waals surface area (Å²) in [7, 11) is 0. The highest BCUT2D eigenvalue weighted by molar-refractivity contribution is 5.78. The van der Waals surface area contributed by atoms with Gasteiger partial charge in [-0.2, -0.15) is 0 Å². The molecule has 2 N–H and O–H groups in total. The normalized spacial score (nSPS) is 30.2. The van der Waals surface area contributed by atoms with Crippen molar-refractivity contribution in [3.8, 4) is 0 Å². The number of carbonyl (C=O) groups excluding carboxylic acids is 1. The predicted molar refractivity (Wildman–Crippen MR) is 69.8 cm³/mol. The van der Waals surface area contributed by atoms with Crippen molar-refractivity contribution < 1.29 is 19.4 Å². The van der Waals surface area contributed by atoms with E-state index in [9.17, 15) is 4.79 Å². The minimum atomic E-state index is -0.181. The summed E-state index contributed by atoms with van der Waals surface area (Å²) in [5.41, 5.74) is 0. The lowest BCUT2D eigenvalue weighted by Gasteiger charge is -2.36. The smallest absolute Gasteiger partial charge is 0.234 e. The second-order valence-electron chi connectivity index (χ2n) is 5.40. The molecule has 6 nitrogen and oxygen atoms in total. The van der Waals surface area contributed by atoms with Gasteiger partial charge in [-0.3, -0.25) is 9.69 Å². The van der Waals surface area contributed by atoms with E-state index in [0.717, 1.165) is 32.6 Å². The van der Waals surface area contributed by atoms with Crippen molar-refractivity contribution >= 4 is 5.91 Å². The molecule has 0 aromatic carbocycles. The summed E-state index contributed by atoms with van der Waals surface area (Å²) >= 11 is 0. The number of hydrogen-bond acceptors (Lipinski definition) is 5. The zero-order valence-electron chi connectivity index (χ0n) is 11.5. The number of nitrogens with zero attached hydrogens (tertiary/aromatic N) is 1. The molecule has 2 aliphatic heterocycles. The van der Waals surface area contributed by atoms with Crippen LogP contribution in [0.15, 0.2) is 0 Å². The maximum atomic E-state index is 12.0. The summed E-state index contributed by atoms with van der Waals surface area (Å²) in [4.78, 5) is 14.0. The van der Waals surface area contributed by atoms with Crippen molar-refractivity contribution in [2.45, 2.75) is 38.0 Å². The van der Waals surface area contributed by atoms with Crippen LogP contribution in [0.2, 0.25) is 0 Å². The van der Waals surface area contributed by atoms with Crippen molar-refractivity contribution in [2.75, 3.05) is 39.5 Å². The molecule has 0 aromatic heterocycles. The molecule has 2 saturated heterocycles. The number of carbonyl (C=O) groups is 1. The first-order chi connectivity index (χ1) is 9.17. The van der Waals surface area contributed by atoms with Crippen LogP contribution >= 0.6 is 0 Å². The van der Waals surface area contributed by atoms with E-state index in [1.54, 1.807) is 0 Å². The second-order valence-corrected chi connectivity index (χ2v) is 5.40. The first-order valence-electron chi connectivity index (χ1n) is 7.03. The van der Waals surface area contributed by atoms with Gasteiger partial charge in [-0.15, -0.1) is 0 Å². The van der Waals surface area contributed by atoms with Crippen molar-refractivity contribution in [1.29, 1.82) is 0 Å². The fraction of sp³-hybridized carbons (Fsp3) is 0.923. The van der Waals surface area contributed by atoms with Crippen LogP contribution in [-0.4, -0.2) is 73.6 Å². The minimum Gasteiger partial charge on any atom is -0.394 e. The topological polar surface area (TPSA) is 71.0 Å². The molecule has 0 radical (unpaired) electrons. The lowest BCUT2D eigenvalue weighted by atomic mass is 10.1. The minimum absolute atomic E-state index is 0.00240. The highest BCUT2D eigenvalue weighted by atomic mass is 16.5. The molecule has 0 spiro atoms. The Morgan fingerprint density at radius 3 is 2.79 bits per heavy atom. The second kappa shape index (κ2) is 7.19. The number of rotatable bonds is 4. The van der Waals surface area contributed by atoms with E-state index in [1.807, 2.05) is 11.8 Å². The standard InChI is InChI=1S/C13H24N2O4/c1-10-6-15(7-12(9-16)19-10)8-13(17)14-11-2-4-18-5-3-11/h10-12,16H,2-9H2,1H3,(H,14,17). The summed E-state index contributed by atoms with van der Waals surface area (Å²) in [5.74, 6) is 0.0534. The Kier molecular flexibility index (Phi) is 5.57. The quantitative estimate of drug-likeness (QED) is 0.712. The molecule has 0 bridgehead atoms. The molecule has 0 aromatic rings. The van der Waals surface area contributed by atoms with Crippen molar-refractivity contribution in [3.63, 3.8) is 0 Å². The summed E-state index contributed by atoms with van der Waals surface area (Å²) in [6.07, 6.45) is 1.66. The van der Waals surface area contributed by atoms with Gasteiger partial charge in [-0.25, -0.2) is 0 Å². The van der Waals surface area contributed by atoms with E-state index < -0.39 is 0 Å². The SMILES string of the molecule is CC1CN(CC(=O)NC2CCOCC2)CC(CO)O1. The van der Waals surface area contributed by atoms with Crippen LogP contribution in [0, 0.1) is 0 Å². The molecule has 2 atom stereocenters. The third kappa shape index (κ3) is 4.72. The molecule has 19 heavy (non-hydrogen) atoms. The molecule has 110 valence electrons. The summed E-state index contributed by atoms with van der Waals surface area (Å²) in [6, 6.07) is 0.244. The zero-order chi connectivity index (χ0) is 13.7. The molecule has 0 aliphatic carbocycles. The number of morpholine rings is 1. The van der Waals surface area contributed by atoms with Gasteiger partial charge in [-0.05, 0) is 19.8 Å². The average Bonchev–Trinajstić information content (AvgIpc) is 2.38. The van der Waals surface area contributed by atoms with Crippen molar-refractivity contribution in [2.24, 2.45) is 0 Å². The number of amides is 1. The first kappa shape index (κ1) is 14.7. The highest BCUT2D eigenvalue weighted by Gasteiger charge is 2.26. The number of aliphatic hydroxyl groups excluding tert-OH is 1. The van der Waals surface area contributed by atoms with E-state index in [4.69, 9.17) is 14.6 Å². The molecule has 6 heteroatoms. The third-order valence-corrected chi connectivity index (χ3v) is 3.56. The molecule has 2 rings (SSSR count). The first-order valence-corrected chi connectivity index (χ1v) is 7.03. The summed E-state index contributed by atoms with van der Waals surface area (Å²) < 4.78 is 10.8. The molecule has 0 saturated carbocycles. The summed E-state index contributed by atoms with van der Waals surface area (Å²) in [5, 5.41) is 12.2. The maximum absolute atomic E-state index is 12.0. The van der Waals surface area contributed by atoms with Crippen LogP contribution in [-0.2, 0) is 14.3 Å².